The van der Waals surface area contributed by atoms with Crippen molar-refractivity contribution in [2.75, 3.05) is 13.7 Å². The molecule has 0 fully saturated rings. The van der Waals surface area contributed by atoms with Crippen molar-refractivity contribution in [1.29, 1.82) is 0 Å². The van der Waals surface area contributed by atoms with E-state index in [2.05, 4.69) is 26.2 Å². The van der Waals surface area contributed by atoms with Crippen LogP contribution in [-0.2, 0) is 0 Å². The van der Waals surface area contributed by atoms with Crippen LogP contribution in [0, 0.1) is 0 Å². The predicted octanol–water partition coefficient (Wildman–Crippen LogP) is 4.21. The highest BCUT2D eigenvalue weighted by atomic mass is 79.9. The maximum absolute atomic E-state index is 6.31. The molecule has 0 aliphatic heterocycles. The van der Waals surface area contributed by atoms with Gasteiger partial charge in [-0.05, 0) is 49.4 Å². The lowest BCUT2D eigenvalue weighted by molar-refractivity contribution is 0.338. The van der Waals surface area contributed by atoms with Crippen molar-refractivity contribution in [3.8, 4) is 5.75 Å². The molecule has 2 aromatic rings. The van der Waals surface area contributed by atoms with Crippen molar-refractivity contribution in [2.45, 2.75) is 13.0 Å². The summed E-state index contributed by atoms with van der Waals surface area (Å²) in [7, 11) is 1.90. The summed E-state index contributed by atoms with van der Waals surface area (Å²) in [4.78, 5) is 4.23. The normalized spacial score (nSPS) is 12.2. The van der Waals surface area contributed by atoms with E-state index in [9.17, 15) is 0 Å². The van der Waals surface area contributed by atoms with Crippen LogP contribution in [0.4, 0.5) is 0 Å². The number of ether oxygens (including phenoxy) is 1. The lowest BCUT2D eigenvalue weighted by Gasteiger charge is -2.19. The highest BCUT2D eigenvalue weighted by Crippen LogP contribution is 2.31. The minimum absolute atomic E-state index is 0.0343. The minimum atomic E-state index is -0.0343. The Hall–Kier alpha value is -1.10. The van der Waals surface area contributed by atoms with Crippen LogP contribution in [0.5, 0.6) is 5.75 Å². The summed E-state index contributed by atoms with van der Waals surface area (Å²) in [5, 5.41) is 3.99. The first kappa shape index (κ1) is 15.3. The van der Waals surface area contributed by atoms with Gasteiger partial charge in [-0.25, -0.2) is 0 Å². The molecule has 0 aliphatic carbocycles. The van der Waals surface area contributed by atoms with Crippen molar-refractivity contribution in [1.82, 2.24) is 10.3 Å². The summed E-state index contributed by atoms with van der Waals surface area (Å²) >= 11 is 9.79. The molecule has 5 heteroatoms. The summed E-state index contributed by atoms with van der Waals surface area (Å²) in [6, 6.07) is 7.76. The Kier molecular flexibility index (Phi) is 5.40. The maximum Gasteiger partial charge on any atom is 0.137 e. The van der Waals surface area contributed by atoms with E-state index in [4.69, 9.17) is 16.3 Å². The molecule has 3 nitrogen and oxygen atoms in total. The fourth-order valence-electron chi connectivity index (χ4n) is 2.08. The van der Waals surface area contributed by atoms with Crippen LogP contribution in [0.3, 0.4) is 0 Å². The van der Waals surface area contributed by atoms with Crippen molar-refractivity contribution < 1.29 is 4.74 Å². The molecule has 0 bridgehead atoms. The molecule has 0 saturated heterocycles. The third-order valence-corrected chi connectivity index (χ3v) is 3.77. The molecule has 2 rings (SSSR count). The summed E-state index contributed by atoms with van der Waals surface area (Å²) < 4.78 is 6.49. The van der Waals surface area contributed by atoms with Crippen LogP contribution in [-0.4, -0.2) is 18.6 Å². The molecule has 0 amide bonds. The number of aromatic nitrogens is 1. The summed E-state index contributed by atoms with van der Waals surface area (Å²) in [5.74, 6) is 0.761. The second-order valence-electron chi connectivity index (χ2n) is 4.27. The van der Waals surface area contributed by atoms with Crippen molar-refractivity contribution in [2.24, 2.45) is 0 Å². The van der Waals surface area contributed by atoms with E-state index in [1.165, 1.54) is 0 Å². The molecule has 0 saturated carbocycles. The molecule has 20 heavy (non-hydrogen) atoms. The molecule has 106 valence electrons. The van der Waals surface area contributed by atoms with Gasteiger partial charge < -0.3 is 10.1 Å². The van der Waals surface area contributed by atoms with Gasteiger partial charge in [0.05, 0.1) is 18.8 Å². The minimum Gasteiger partial charge on any atom is -0.492 e. The number of rotatable bonds is 5. The summed E-state index contributed by atoms with van der Waals surface area (Å²) in [5.41, 5.74) is 2.01. The van der Waals surface area contributed by atoms with Gasteiger partial charge >= 0.3 is 0 Å². The van der Waals surface area contributed by atoms with Crippen LogP contribution >= 0.6 is 27.5 Å². The van der Waals surface area contributed by atoms with Gasteiger partial charge in [-0.1, -0.05) is 27.5 Å². The van der Waals surface area contributed by atoms with Gasteiger partial charge in [0.25, 0.3) is 0 Å². The molecule has 1 aromatic heterocycles. The van der Waals surface area contributed by atoms with Crippen LogP contribution in [0.25, 0.3) is 0 Å². The predicted molar refractivity (Wildman–Crippen MR) is 85.5 cm³/mol. The average molecular weight is 356 g/mol. The first-order valence-corrected chi connectivity index (χ1v) is 7.52. The SMILES string of the molecule is CCOc1cncc(C(NC)c2cc(Br)ccc2Cl)c1. The van der Waals surface area contributed by atoms with Gasteiger partial charge in [0.15, 0.2) is 0 Å². The quantitative estimate of drug-likeness (QED) is 0.872. The Morgan fingerprint density at radius 3 is 2.85 bits per heavy atom. The molecule has 1 unspecified atom stereocenters. The van der Waals surface area contributed by atoms with E-state index in [0.717, 1.165) is 26.4 Å². The molecule has 1 N–H and O–H groups in total. The molecule has 0 radical (unpaired) electrons. The van der Waals surface area contributed by atoms with E-state index < -0.39 is 0 Å². The Morgan fingerprint density at radius 2 is 2.15 bits per heavy atom. The Balaban J connectivity index is 2.41. The Bertz CT molecular complexity index is 592. The van der Waals surface area contributed by atoms with Gasteiger partial charge in [0.1, 0.15) is 5.75 Å². The first-order chi connectivity index (χ1) is 9.65. The zero-order chi connectivity index (χ0) is 14.5. The van der Waals surface area contributed by atoms with E-state index in [-0.39, 0.29) is 6.04 Å². The molecule has 1 atom stereocenters. The number of benzene rings is 1. The standard InChI is InChI=1S/C15H16BrClN2O/c1-3-20-12-6-10(8-19-9-12)15(18-2)13-7-11(16)4-5-14(13)17/h4-9,15,18H,3H2,1-2H3. The van der Waals surface area contributed by atoms with Gasteiger partial charge in [-0.3, -0.25) is 4.98 Å². The van der Waals surface area contributed by atoms with E-state index >= 15 is 0 Å². The molecule has 1 heterocycles. The number of hydrogen-bond acceptors (Lipinski definition) is 3. The fraction of sp³-hybridized carbons (Fsp3) is 0.267. The van der Waals surface area contributed by atoms with Gasteiger partial charge in [-0.2, -0.15) is 0 Å². The molecule has 1 aromatic carbocycles. The number of nitrogens with one attached hydrogen (secondary N) is 1. The van der Waals surface area contributed by atoms with Gasteiger partial charge in [-0.15, -0.1) is 0 Å². The highest BCUT2D eigenvalue weighted by molar-refractivity contribution is 9.10. The second kappa shape index (κ2) is 7.07. The first-order valence-electron chi connectivity index (χ1n) is 6.35. The van der Waals surface area contributed by atoms with Crippen LogP contribution < -0.4 is 10.1 Å². The number of pyridine rings is 1. The van der Waals surface area contributed by atoms with Gasteiger partial charge in [0, 0.05) is 15.7 Å². The molecular formula is C15H16BrClN2O. The van der Waals surface area contributed by atoms with Crippen molar-refractivity contribution in [3.05, 3.63) is 57.3 Å². The maximum atomic E-state index is 6.31. The van der Waals surface area contributed by atoms with Gasteiger partial charge in [0.2, 0.25) is 0 Å². The average Bonchev–Trinajstić information content (AvgIpc) is 2.44. The third kappa shape index (κ3) is 3.51. The number of hydrogen-bond donors (Lipinski definition) is 1. The summed E-state index contributed by atoms with van der Waals surface area (Å²) in [6.07, 6.45) is 3.53. The topological polar surface area (TPSA) is 34.1 Å². The lowest BCUT2D eigenvalue weighted by atomic mass is 10.0. The molecule has 0 spiro atoms. The third-order valence-electron chi connectivity index (χ3n) is 2.94. The molecule has 0 aliphatic rings. The zero-order valence-corrected chi connectivity index (χ0v) is 13.7. The van der Waals surface area contributed by atoms with Crippen LogP contribution in [0.2, 0.25) is 5.02 Å². The van der Waals surface area contributed by atoms with Crippen LogP contribution in [0.15, 0.2) is 41.1 Å². The van der Waals surface area contributed by atoms with Crippen LogP contribution in [0.1, 0.15) is 24.1 Å². The smallest absolute Gasteiger partial charge is 0.137 e. The number of nitrogens with zero attached hydrogens (tertiary/aromatic N) is 1. The largest absolute Gasteiger partial charge is 0.492 e. The van der Waals surface area contributed by atoms with E-state index in [1.54, 1.807) is 6.20 Å². The fourth-order valence-corrected chi connectivity index (χ4v) is 2.68. The van der Waals surface area contributed by atoms with E-state index in [1.807, 2.05) is 44.4 Å². The zero-order valence-electron chi connectivity index (χ0n) is 11.4. The van der Waals surface area contributed by atoms with Crippen molar-refractivity contribution in [3.63, 3.8) is 0 Å². The molecular weight excluding hydrogens is 340 g/mol. The summed E-state index contributed by atoms with van der Waals surface area (Å²) in [6.45, 7) is 2.57. The van der Waals surface area contributed by atoms with Crippen molar-refractivity contribution >= 4 is 27.5 Å². The highest BCUT2D eigenvalue weighted by Gasteiger charge is 2.16. The lowest BCUT2D eigenvalue weighted by Crippen LogP contribution is -2.18. The Morgan fingerprint density at radius 1 is 1.35 bits per heavy atom. The monoisotopic (exact) mass is 354 g/mol. The Labute approximate surface area is 132 Å². The number of halogens is 2. The van der Waals surface area contributed by atoms with E-state index in [0.29, 0.717) is 6.61 Å². The second-order valence-corrected chi connectivity index (χ2v) is 5.60.